The van der Waals surface area contributed by atoms with E-state index >= 15 is 0 Å². The van der Waals surface area contributed by atoms with Gasteiger partial charge in [-0.2, -0.15) is 0 Å². The van der Waals surface area contributed by atoms with E-state index in [2.05, 4.69) is 10.3 Å². The number of pyridine rings is 1. The van der Waals surface area contributed by atoms with Crippen molar-refractivity contribution in [3.8, 4) is 0 Å². The molecule has 2 heterocycles. The summed E-state index contributed by atoms with van der Waals surface area (Å²) >= 11 is 0. The number of aromatic nitrogens is 1. The van der Waals surface area contributed by atoms with Gasteiger partial charge in [0.1, 0.15) is 6.54 Å². The maximum absolute atomic E-state index is 12.6. The first-order chi connectivity index (χ1) is 9.52. The van der Waals surface area contributed by atoms with Gasteiger partial charge in [0.25, 0.3) is 5.91 Å². The number of amides is 2. The summed E-state index contributed by atoms with van der Waals surface area (Å²) < 4.78 is 0. The minimum Gasteiger partial charge on any atom is -0.387 e. The predicted octanol–water partition coefficient (Wildman–Crippen LogP) is 0.736. The van der Waals surface area contributed by atoms with E-state index in [-0.39, 0.29) is 18.4 Å². The number of likely N-dealkylation sites (N-methyl/N-ethyl adjacent to an activating group) is 1. The number of aryl methyl sites for hydroxylation is 1. The molecule has 2 amide bonds. The van der Waals surface area contributed by atoms with Crippen molar-refractivity contribution < 1.29 is 9.59 Å². The fourth-order valence-electron chi connectivity index (χ4n) is 2.27. The summed E-state index contributed by atoms with van der Waals surface area (Å²) in [6, 6.07) is 1.83. The molecule has 0 atom stereocenters. The molecule has 0 aliphatic carbocycles. The summed E-state index contributed by atoms with van der Waals surface area (Å²) in [7, 11) is 3.54. The van der Waals surface area contributed by atoms with Crippen LogP contribution >= 0.6 is 0 Å². The summed E-state index contributed by atoms with van der Waals surface area (Å²) in [5.74, 6) is -0.174. The van der Waals surface area contributed by atoms with E-state index in [1.807, 2.05) is 13.0 Å². The molecule has 20 heavy (non-hydrogen) atoms. The Labute approximate surface area is 118 Å². The molecule has 2 rings (SSSR count). The van der Waals surface area contributed by atoms with Gasteiger partial charge < -0.3 is 15.1 Å². The second kappa shape index (κ2) is 5.90. The van der Waals surface area contributed by atoms with Crippen LogP contribution in [0, 0.1) is 6.92 Å². The highest BCUT2D eigenvalue weighted by Gasteiger charge is 2.25. The Bertz CT molecular complexity index is 530. The van der Waals surface area contributed by atoms with Crippen LogP contribution in [0.15, 0.2) is 12.3 Å². The van der Waals surface area contributed by atoms with Crippen LogP contribution in [0.3, 0.4) is 0 Å². The minimum atomic E-state index is -0.148. The molecule has 1 fully saturated rings. The van der Waals surface area contributed by atoms with Gasteiger partial charge >= 0.3 is 0 Å². The lowest BCUT2D eigenvalue weighted by Crippen LogP contribution is -2.38. The van der Waals surface area contributed by atoms with Gasteiger partial charge in [0.15, 0.2) is 0 Å². The van der Waals surface area contributed by atoms with Crippen LogP contribution in [0.4, 0.5) is 5.69 Å². The first kappa shape index (κ1) is 14.3. The van der Waals surface area contributed by atoms with Gasteiger partial charge in [-0.05, 0) is 19.4 Å². The molecule has 1 aliphatic rings. The lowest BCUT2D eigenvalue weighted by molar-refractivity contribution is -0.129. The van der Waals surface area contributed by atoms with Gasteiger partial charge in [-0.1, -0.05) is 0 Å². The van der Waals surface area contributed by atoms with Crippen LogP contribution in [-0.4, -0.2) is 60.3 Å². The van der Waals surface area contributed by atoms with E-state index in [1.54, 1.807) is 30.1 Å². The molecule has 6 heteroatoms. The molecule has 1 saturated heterocycles. The number of hydrogen-bond donors (Lipinski definition) is 1. The van der Waals surface area contributed by atoms with Gasteiger partial charge in [0.2, 0.25) is 5.91 Å². The van der Waals surface area contributed by atoms with Crippen LogP contribution < -0.4 is 5.32 Å². The minimum absolute atomic E-state index is 0.0260. The van der Waals surface area contributed by atoms with E-state index < -0.39 is 0 Å². The second-order valence-corrected chi connectivity index (χ2v) is 5.02. The van der Waals surface area contributed by atoms with E-state index in [9.17, 15) is 9.59 Å². The van der Waals surface area contributed by atoms with E-state index in [0.29, 0.717) is 18.7 Å². The fraction of sp³-hybridized carbons (Fsp3) is 0.500. The number of rotatable bonds is 2. The Balaban J connectivity index is 2.24. The third kappa shape index (κ3) is 2.89. The molecule has 1 aliphatic heterocycles. The summed E-state index contributed by atoms with van der Waals surface area (Å²) in [5.41, 5.74) is 2.10. The fourth-order valence-corrected chi connectivity index (χ4v) is 2.27. The molecule has 0 spiro atoms. The highest BCUT2D eigenvalue weighted by molar-refractivity contribution is 6.01. The Morgan fingerprint density at radius 2 is 2.15 bits per heavy atom. The Morgan fingerprint density at radius 3 is 2.85 bits per heavy atom. The zero-order valence-corrected chi connectivity index (χ0v) is 12.1. The zero-order chi connectivity index (χ0) is 14.7. The molecule has 0 unspecified atom stereocenters. The molecule has 1 aromatic heterocycles. The molecule has 0 saturated carbocycles. The third-order valence-electron chi connectivity index (χ3n) is 3.50. The molecule has 0 radical (unpaired) electrons. The van der Waals surface area contributed by atoms with Crippen LogP contribution in [0.5, 0.6) is 0 Å². The standard InChI is InChI=1S/C14H20N4O2/c1-10-7-12(15-2)11(8-16-10)14(20)18-6-4-5-17(3)13(19)9-18/h7-8H,4-6,9H2,1-3H3,(H,15,16). The molecule has 108 valence electrons. The van der Waals surface area contributed by atoms with E-state index in [4.69, 9.17) is 0 Å². The zero-order valence-electron chi connectivity index (χ0n) is 12.1. The van der Waals surface area contributed by atoms with Crippen LogP contribution in [0.2, 0.25) is 0 Å². The van der Waals surface area contributed by atoms with Gasteiger partial charge in [-0.15, -0.1) is 0 Å². The number of nitrogens with one attached hydrogen (secondary N) is 1. The average Bonchev–Trinajstić information content (AvgIpc) is 2.60. The van der Waals surface area contributed by atoms with Crippen molar-refractivity contribution in [2.24, 2.45) is 0 Å². The number of nitrogens with zero attached hydrogens (tertiary/aromatic N) is 3. The SMILES string of the molecule is CNc1cc(C)ncc1C(=O)N1CCCN(C)C(=O)C1. The number of anilines is 1. The van der Waals surface area contributed by atoms with Crippen molar-refractivity contribution in [3.05, 3.63) is 23.5 Å². The van der Waals surface area contributed by atoms with Crippen molar-refractivity contribution in [1.82, 2.24) is 14.8 Å². The lowest BCUT2D eigenvalue weighted by Gasteiger charge is -2.21. The maximum Gasteiger partial charge on any atom is 0.257 e. The van der Waals surface area contributed by atoms with Gasteiger partial charge in [-0.3, -0.25) is 14.6 Å². The Hall–Kier alpha value is -2.11. The van der Waals surface area contributed by atoms with Crippen molar-refractivity contribution in [2.45, 2.75) is 13.3 Å². The summed E-state index contributed by atoms with van der Waals surface area (Å²) in [5, 5.41) is 3.01. The van der Waals surface area contributed by atoms with E-state index in [1.165, 1.54) is 0 Å². The molecule has 6 nitrogen and oxygen atoms in total. The normalized spacial score (nSPS) is 16.1. The summed E-state index contributed by atoms with van der Waals surface area (Å²) in [6.07, 6.45) is 2.37. The Kier molecular flexibility index (Phi) is 4.22. The van der Waals surface area contributed by atoms with Crippen LogP contribution in [0.25, 0.3) is 0 Å². The van der Waals surface area contributed by atoms with Crippen molar-refractivity contribution in [2.75, 3.05) is 39.0 Å². The number of carbonyl (C=O) groups is 2. The number of hydrogen-bond acceptors (Lipinski definition) is 4. The molecule has 0 aromatic carbocycles. The number of carbonyl (C=O) groups excluding carboxylic acids is 2. The molecule has 1 aromatic rings. The van der Waals surface area contributed by atoms with Crippen molar-refractivity contribution in [1.29, 1.82) is 0 Å². The topological polar surface area (TPSA) is 65.5 Å². The highest BCUT2D eigenvalue weighted by atomic mass is 16.2. The third-order valence-corrected chi connectivity index (χ3v) is 3.50. The van der Waals surface area contributed by atoms with Crippen molar-refractivity contribution in [3.63, 3.8) is 0 Å². The van der Waals surface area contributed by atoms with Crippen LogP contribution in [0.1, 0.15) is 22.5 Å². The smallest absolute Gasteiger partial charge is 0.257 e. The van der Waals surface area contributed by atoms with Crippen LogP contribution in [-0.2, 0) is 4.79 Å². The van der Waals surface area contributed by atoms with Crippen molar-refractivity contribution >= 4 is 17.5 Å². The van der Waals surface area contributed by atoms with Gasteiger partial charge in [0, 0.05) is 39.1 Å². The molecule has 0 bridgehead atoms. The molecular formula is C14H20N4O2. The highest BCUT2D eigenvalue weighted by Crippen LogP contribution is 2.18. The quantitative estimate of drug-likeness (QED) is 0.865. The molecular weight excluding hydrogens is 256 g/mol. The Morgan fingerprint density at radius 1 is 1.40 bits per heavy atom. The summed E-state index contributed by atoms with van der Waals surface area (Å²) in [4.78, 5) is 31.9. The first-order valence-electron chi connectivity index (χ1n) is 6.70. The molecule has 1 N–H and O–H groups in total. The monoisotopic (exact) mass is 276 g/mol. The predicted molar refractivity (Wildman–Crippen MR) is 76.7 cm³/mol. The largest absolute Gasteiger partial charge is 0.387 e. The summed E-state index contributed by atoms with van der Waals surface area (Å²) in [6.45, 7) is 3.28. The first-order valence-corrected chi connectivity index (χ1v) is 6.70. The average molecular weight is 276 g/mol. The van der Waals surface area contributed by atoms with E-state index in [0.717, 1.165) is 17.8 Å². The lowest BCUT2D eigenvalue weighted by atomic mass is 10.1. The maximum atomic E-state index is 12.6. The van der Waals surface area contributed by atoms with Gasteiger partial charge in [0.05, 0.1) is 11.3 Å². The van der Waals surface area contributed by atoms with Gasteiger partial charge in [-0.25, -0.2) is 0 Å². The second-order valence-electron chi connectivity index (χ2n) is 5.02.